The number of hydrogen-bond donors (Lipinski definition) is 4. The lowest BCUT2D eigenvalue weighted by atomic mass is 9.90. The van der Waals surface area contributed by atoms with Gasteiger partial charge >= 0.3 is 0 Å². The molecular formula is C69H80N12O10S3. The van der Waals surface area contributed by atoms with Gasteiger partial charge in [-0.05, 0) is 154 Å². The summed E-state index contributed by atoms with van der Waals surface area (Å²) in [4.78, 5) is 31.0. The monoisotopic (exact) mass is 1330 g/mol. The highest BCUT2D eigenvalue weighted by Crippen LogP contribution is 2.43. The molecule has 0 spiro atoms. The van der Waals surface area contributed by atoms with Gasteiger partial charge in [0.1, 0.15) is 55.5 Å². The molecular weight excluding hydrogens is 1250 g/mol. The van der Waals surface area contributed by atoms with Crippen LogP contribution in [-0.2, 0) is 34.8 Å². The molecule has 4 N–H and O–H groups in total. The lowest BCUT2D eigenvalue weighted by molar-refractivity contribution is 0.0480. The predicted molar refractivity (Wildman–Crippen MR) is 366 cm³/mol. The molecule has 0 aliphatic carbocycles. The number of rotatable bonds is 13. The minimum Gasteiger partial charge on any atom is -0.376 e. The maximum atomic E-state index is 11.8. The SMILES string of the molecule is COC(c1c[nH]c2ncc(-c3c(C)noc3C)cc12)C1CCS(=O)(=O)CC1.COC(c1c[nH]c2ncc(-c3c(C)noc3C)cc12)C1CCS(=O)CC1.COC(c1c[nH]c2ncc(-c3c(C)noc3C)cc12)C1CCSCC1.Cc1noc(C)c1-c1cnc2[nH]ccc2c1. The van der Waals surface area contributed by atoms with Gasteiger partial charge in [-0.15, -0.1) is 0 Å². The normalized spacial score (nSPS) is 17.9. The van der Waals surface area contributed by atoms with E-state index in [-0.39, 0.29) is 35.7 Å². The number of pyridine rings is 4. The molecule has 3 fully saturated rings. The summed E-state index contributed by atoms with van der Waals surface area (Å²) in [7, 11) is 1.66. The molecule has 494 valence electrons. The van der Waals surface area contributed by atoms with Crippen molar-refractivity contribution in [3.8, 4) is 44.5 Å². The van der Waals surface area contributed by atoms with Crippen molar-refractivity contribution in [2.24, 2.45) is 17.8 Å². The first-order valence-electron chi connectivity index (χ1n) is 31.7. The van der Waals surface area contributed by atoms with E-state index in [9.17, 15) is 12.6 Å². The van der Waals surface area contributed by atoms with Gasteiger partial charge in [0.05, 0.1) is 52.6 Å². The standard InChI is InChI=1S/C19H23N3O4S.C19H23N3O3S.C19H23N3O2S.C12H11N3O/c1-11-17(12(2)26-22-11)14-8-15-16(10-21-19(15)20-9-14)18(25-3)13-4-6-27(23,24)7-5-13;1-11-17(12(2)25-22-11)14-8-15-16(10-21-19(15)20-9-14)18(24-3)13-4-6-26(23)7-5-13;1-11-17(12(2)24-22-11)14-8-15-16(10-21-19(15)20-9-14)18(23-3)13-4-6-25-7-5-13;1-7-11(8(2)16-15-7)10-5-9-3-4-13-12(9)14-6-10/h8-10,13,18H,4-7H2,1-3H3,(H,20,21);8-10,13,18H,4-7H2,1-3H3,(H,20,21);8-10,13,18H,4-7H2,1-3H3,(H,20,21);3-6H,1-2H3,(H,13,14). The Bertz CT molecular complexity index is 4650. The number of nitrogens with one attached hydrogen (secondary N) is 4. The molecule has 25 heteroatoms. The van der Waals surface area contributed by atoms with Gasteiger partial charge in [-0.1, -0.05) is 20.6 Å². The van der Waals surface area contributed by atoms with Gasteiger partial charge in [-0.2, -0.15) is 11.8 Å². The molecule has 3 aliphatic rings. The van der Waals surface area contributed by atoms with Crippen LogP contribution in [0.5, 0.6) is 0 Å². The van der Waals surface area contributed by atoms with Crippen LogP contribution in [0.4, 0.5) is 0 Å². The van der Waals surface area contributed by atoms with Gasteiger partial charge < -0.3 is 52.2 Å². The third-order valence-corrected chi connectivity index (χ3v) is 22.8. The zero-order chi connectivity index (χ0) is 65.9. The Morgan fingerprint density at radius 3 is 1.17 bits per heavy atom. The molecule has 0 amide bonds. The number of aryl methyl sites for hydroxylation is 8. The second kappa shape index (κ2) is 28.5. The van der Waals surface area contributed by atoms with Crippen LogP contribution in [0.3, 0.4) is 0 Å². The van der Waals surface area contributed by atoms with Crippen molar-refractivity contribution in [2.45, 2.75) is 112 Å². The summed E-state index contributed by atoms with van der Waals surface area (Å²) in [5, 5.41) is 20.4. The molecule has 3 saturated heterocycles. The van der Waals surface area contributed by atoms with Gasteiger partial charge in [-0.3, -0.25) is 4.21 Å². The molecule has 0 radical (unpaired) electrons. The first-order valence-corrected chi connectivity index (χ1v) is 36.2. The van der Waals surface area contributed by atoms with Crippen LogP contribution in [-0.4, -0.2) is 129 Å². The van der Waals surface area contributed by atoms with Crippen molar-refractivity contribution in [2.75, 3.05) is 55.8 Å². The summed E-state index contributed by atoms with van der Waals surface area (Å²) in [6, 6.07) is 10.5. The summed E-state index contributed by atoms with van der Waals surface area (Å²) >= 11 is 2.04. The van der Waals surface area contributed by atoms with Gasteiger partial charge in [0.25, 0.3) is 0 Å². The number of hydrogen-bond acceptors (Lipinski definition) is 19. The van der Waals surface area contributed by atoms with Crippen molar-refractivity contribution < 1.29 is 44.9 Å². The molecule has 3 unspecified atom stereocenters. The Hall–Kier alpha value is -8.07. The van der Waals surface area contributed by atoms with Crippen LogP contribution < -0.4 is 0 Å². The average molecular weight is 1330 g/mol. The number of fused-ring (bicyclic) bond motifs is 4. The Balaban J connectivity index is 0.000000122. The van der Waals surface area contributed by atoms with Crippen molar-refractivity contribution in [1.29, 1.82) is 0 Å². The number of nitrogens with zero attached hydrogens (tertiary/aromatic N) is 8. The smallest absolute Gasteiger partial charge is 0.150 e. The van der Waals surface area contributed by atoms with Crippen molar-refractivity contribution in [3.63, 3.8) is 0 Å². The minimum atomic E-state index is -2.91. The maximum absolute atomic E-state index is 11.8. The number of aromatic amines is 4. The lowest BCUT2D eigenvalue weighted by Crippen LogP contribution is -2.28. The van der Waals surface area contributed by atoms with Gasteiger partial charge in [-0.25, -0.2) is 28.4 Å². The molecule has 12 aromatic heterocycles. The van der Waals surface area contributed by atoms with Crippen LogP contribution >= 0.6 is 11.8 Å². The molecule has 12 aromatic rings. The van der Waals surface area contributed by atoms with Gasteiger partial charge in [0.2, 0.25) is 0 Å². The van der Waals surface area contributed by atoms with Gasteiger partial charge in [0.15, 0.2) is 0 Å². The third kappa shape index (κ3) is 13.7. The highest BCUT2D eigenvalue weighted by molar-refractivity contribution is 7.99. The molecule has 0 aromatic carbocycles. The van der Waals surface area contributed by atoms with E-state index in [0.717, 1.165) is 170 Å². The Morgan fingerprint density at radius 1 is 0.479 bits per heavy atom. The van der Waals surface area contributed by atoms with E-state index < -0.39 is 20.6 Å². The summed E-state index contributed by atoms with van der Waals surface area (Å²) in [5.74, 6) is 8.70. The first kappa shape index (κ1) is 66.0. The Labute approximate surface area is 551 Å². The molecule has 3 aliphatic heterocycles. The summed E-state index contributed by atoms with van der Waals surface area (Å²) in [5.41, 5.74) is 18.3. The molecule has 0 bridgehead atoms. The van der Waals surface area contributed by atoms with E-state index in [1.54, 1.807) is 14.2 Å². The molecule has 0 saturated carbocycles. The summed E-state index contributed by atoms with van der Waals surface area (Å²) < 4.78 is 74.0. The zero-order valence-electron chi connectivity index (χ0n) is 54.8. The largest absolute Gasteiger partial charge is 0.376 e. The fraction of sp³-hybridized carbons (Fsp3) is 0.420. The second-order valence-corrected chi connectivity index (χ2v) is 29.8. The molecule has 15 heterocycles. The second-order valence-electron chi connectivity index (χ2n) is 24.6. The van der Waals surface area contributed by atoms with E-state index in [1.165, 1.54) is 29.9 Å². The van der Waals surface area contributed by atoms with E-state index >= 15 is 0 Å². The van der Waals surface area contributed by atoms with E-state index in [4.69, 9.17) is 32.3 Å². The fourth-order valence-corrected chi connectivity index (χ4v) is 17.9. The van der Waals surface area contributed by atoms with Crippen LogP contribution in [0, 0.1) is 73.1 Å². The van der Waals surface area contributed by atoms with Crippen LogP contribution in [0.2, 0.25) is 0 Å². The number of methoxy groups -OCH3 is 3. The first-order chi connectivity index (χ1) is 45.4. The van der Waals surface area contributed by atoms with Crippen LogP contribution in [0.15, 0.2) is 98.0 Å². The van der Waals surface area contributed by atoms with Crippen molar-refractivity contribution in [1.82, 2.24) is 60.5 Å². The number of aromatic nitrogens is 12. The van der Waals surface area contributed by atoms with E-state index in [0.29, 0.717) is 24.7 Å². The fourth-order valence-electron chi connectivity index (χ4n) is 13.9. The number of thioether (sulfide) groups is 1. The zero-order valence-corrected chi connectivity index (χ0v) is 57.3. The van der Waals surface area contributed by atoms with Crippen LogP contribution in [0.25, 0.3) is 88.6 Å². The Morgan fingerprint density at radius 2 is 0.819 bits per heavy atom. The predicted octanol–water partition coefficient (Wildman–Crippen LogP) is 14.5. The van der Waals surface area contributed by atoms with E-state index in [1.807, 2.05) is 124 Å². The lowest BCUT2D eigenvalue weighted by Gasteiger charge is -2.29. The number of ether oxygens (including phenoxy) is 3. The quantitative estimate of drug-likeness (QED) is 0.0834. The van der Waals surface area contributed by atoms with Gasteiger partial charge in [0, 0.05) is 176 Å². The van der Waals surface area contributed by atoms with Crippen LogP contribution in [0.1, 0.15) is 119 Å². The van der Waals surface area contributed by atoms with Crippen molar-refractivity contribution in [3.05, 3.63) is 142 Å². The third-order valence-electron chi connectivity index (χ3n) is 18.6. The topological polar surface area (TPSA) is 298 Å². The molecule has 3 atom stereocenters. The number of H-pyrrole nitrogens is 4. The molecule has 15 rings (SSSR count). The average Bonchev–Trinajstić information content (AvgIpc) is 1.63. The van der Waals surface area contributed by atoms with E-state index in [2.05, 4.69) is 91.0 Å². The summed E-state index contributed by atoms with van der Waals surface area (Å²) in [6.07, 6.45) is 20.6. The highest BCUT2D eigenvalue weighted by Gasteiger charge is 2.34. The minimum absolute atomic E-state index is 0.0252. The maximum Gasteiger partial charge on any atom is 0.150 e. The van der Waals surface area contributed by atoms with Crippen molar-refractivity contribution >= 4 is 76.5 Å². The highest BCUT2D eigenvalue weighted by atomic mass is 32.2. The number of sulfone groups is 1. The molecule has 94 heavy (non-hydrogen) atoms. The molecule has 22 nitrogen and oxygen atoms in total. The Kier molecular flexibility index (Phi) is 20.0. The summed E-state index contributed by atoms with van der Waals surface area (Å²) in [6.45, 7) is 15.4.